The van der Waals surface area contributed by atoms with Gasteiger partial charge in [0, 0.05) is 29.4 Å². The summed E-state index contributed by atoms with van der Waals surface area (Å²) in [6, 6.07) is 5.05. The second kappa shape index (κ2) is 6.38. The molecule has 1 N–H and O–H groups in total. The standard InChI is InChI=1S/C21H17FN6O2/c1-11-5-23-9-25-19(11)13-4-17-21(28-10-26-27-20(13)28)24-6-14-15(22)2-3-16-18(14)12(7-29-16)8-30-17/h2-5,9-10,12,24H,6-8H2,1H3/t12-/m1/s1. The average Bonchev–Trinajstić information content (AvgIpc) is 3.40. The van der Waals surface area contributed by atoms with Gasteiger partial charge >= 0.3 is 0 Å². The second-order valence-electron chi connectivity index (χ2n) is 7.46. The third-order valence-corrected chi connectivity index (χ3v) is 5.67. The van der Waals surface area contributed by atoms with E-state index in [2.05, 4.69) is 25.5 Å². The fraction of sp³-hybridized carbons (Fsp3) is 0.238. The van der Waals surface area contributed by atoms with Crippen LogP contribution in [0.2, 0.25) is 0 Å². The molecule has 9 heteroatoms. The number of ether oxygens (including phenoxy) is 2. The minimum atomic E-state index is -0.256. The Hall–Kier alpha value is -3.75. The van der Waals surface area contributed by atoms with Crippen molar-refractivity contribution in [1.82, 2.24) is 24.6 Å². The molecule has 0 unspecified atom stereocenters. The van der Waals surface area contributed by atoms with E-state index in [1.54, 1.807) is 18.6 Å². The topological polar surface area (TPSA) is 86.5 Å². The molecule has 3 aromatic heterocycles. The lowest BCUT2D eigenvalue weighted by molar-refractivity contribution is 0.249. The van der Waals surface area contributed by atoms with Crippen LogP contribution in [0.15, 0.2) is 37.1 Å². The summed E-state index contributed by atoms with van der Waals surface area (Å²) in [6.07, 6.45) is 4.88. The highest BCUT2D eigenvalue weighted by atomic mass is 19.1. The van der Waals surface area contributed by atoms with Gasteiger partial charge in [0.1, 0.15) is 24.2 Å². The van der Waals surface area contributed by atoms with E-state index < -0.39 is 0 Å². The lowest BCUT2D eigenvalue weighted by Crippen LogP contribution is -2.13. The maximum Gasteiger partial charge on any atom is 0.171 e. The van der Waals surface area contributed by atoms with Crippen LogP contribution < -0.4 is 14.8 Å². The van der Waals surface area contributed by atoms with Crippen LogP contribution in [-0.4, -0.2) is 37.8 Å². The number of rotatable bonds is 1. The number of nitrogens with one attached hydrogen (secondary N) is 1. The molecular weight excluding hydrogens is 387 g/mol. The van der Waals surface area contributed by atoms with Crippen LogP contribution >= 0.6 is 0 Å². The number of halogens is 1. The molecule has 2 aliphatic heterocycles. The lowest BCUT2D eigenvalue weighted by atomic mass is 9.96. The molecule has 1 atom stereocenters. The van der Waals surface area contributed by atoms with Gasteiger partial charge in [0.15, 0.2) is 17.2 Å². The zero-order valence-electron chi connectivity index (χ0n) is 16.1. The molecule has 0 amide bonds. The average molecular weight is 404 g/mol. The van der Waals surface area contributed by atoms with Crippen molar-refractivity contribution < 1.29 is 13.9 Å². The highest BCUT2D eigenvalue weighted by molar-refractivity contribution is 5.81. The van der Waals surface area contributed by atoms with Crippen LogP contribution in [0, 0.1) is 12.7 Å². The molecule has 0 aliphatic carbocycles. The Labute approximate surface area is 170 Å². The van der Waals surface area contributed by atoms with Gasteiger partial charge in [0.05, 0.1) is 24.8 Å². The van der Waals surface area contributed by atoms with Crippen molar-refractivity contribution in [2.24, 2.45) is 0 Å². The van der Waals surface area contributed by atoms with Crippen LogP contribution in [0.25, 0.3) is 16.9 Å². The molecule has 0 saturated heterocycles. The van der Waals surface area contributed by atoms with E-state index >= 15 is 0 Å². The van der Waals surface area contributed by atoms with Gasteiger partial charge in [-0.1, -0.05) is 0 Å². The van der Waals surface area contributed by atoms with Gasteiger partial charge in [0.25, 0.3) is 0 Å². The molecule has 0 saturated carbocycles. The molecule has 2 aliphatic rings. The van der Waals surface area contributed by atoms with Gasteiger partial charge in [-0.15, -0.1) is 10.2 Å². The molecule has 150 valence electrons. The number of nitrogens with zero attached hydrogens (tertiary/aromatic N) is 5. The number of aromatic nitrogens is 5. The summed E-state index contributed by atoms with van der Waals surface area (Å²) in [5, 5.41) is 11.7. The lowest BCUT2D eigenvalue weighted by Gasteiger charge is -2.16. The SMILES string of the molecule is Cc1cncnc1-c1cc2c(n3cnnc13)NCc1c(F)ccc3c1[C@H](CO3)CO2. The van der Waals surface area contributed by atoms with Crippen molar-refractivity contribution in [3.05, 3.63) is 59.6 Å². The van der Waals surface area contributed by atoms with Crippen LogP contribution in [0.5, 0.6) is 11.5 Å². The third kappa shape index (κ3) is 2.44. The van der Waals surface area contributed by atoms with Gasteiger partial charge < -0.3 is 14.8 Å². The maximum absolute atomic E-state index is 14.7. The molecule has 4 aromatic rings. The van der Waals surface area contributed by atoms with Gasteiger partial charge in [-0.2, -0.15) is 0 Å². The highest BCUT2D eigenvalue weighted by Crippen LogP contribution is 2.41. The van der Waals surface area contributed by atoms with Crippen molar-refractivity contribution in [1.29, 1.82) is 0 Å². The Balaban J connectivity index is 1.54. The number of aryl methyl sites for hydroxylation is 1. The van der Waals surface area contributed by atoms with Gasteiger partial charge in [-0.05, 0) is 30.7 Å². The Kier molecular flexibility index (Phi) is 3.64. The molecule has 1 aromatic carbocycles. The van der Waals surface area contributed by atoms with Gasteiger partial charge in [-0.25, -0.2) is 14.4 Å². The first-order valence-corrected chi connectivity index (χ1v) is 9.65. The first-order chi connectivity index (χ1) is 14.7. The monoisotopic (exact) mass is 404 g/mol. The number of hydrogen-bond acceptors (Lipinski definition) is 7. The Morgan fingerprint density at radius 1 is 1.20 bits per heavy atom. The maximum atomic E-state index is 14.7. The zero-order chi connectivity index (χ0) is 20.2. The summed E-state index contributed by atoms with van der Waals surface area (Å²) in [4.78, 5) is 8.51. The Morgan fingerprint density at radius 2 is 2.07 bits per heavy atom. The van der Waals surface area contributed by atoms with Crippen LogP contribution in [0.4, 0.5) is 10.2 Å². The van der Waals surface area contributed by atoms with E-state index in [1.807, 2.05) is 17.4 Å². The molecular formula is C21H17FN6O2. The summed E-state index contributed by atoms with van der Waals surface area (Å²) < 4.78 is 28.5. The smallest absolute Gasteiger partial charge is 0.171 e. The van der Waals surface area contributed by atoms with Crippen LogP contribution in [0.3, 0.4) is 0 Å². The van der Waals surface area contributed by atoms with E-state index in [-0.39, 0.29) is 11.7 Å². The van der Waals surface area contributed by atoms with Crippen molar-refractivity contribution >= 4 is 11.5 Å². The summed E-state index contributed by atoms with van der Waals surface area (Å²) in [6.45, 7) is 3.08. The van der Waals surface area contributed by atoms with E-state index in [4.69, 9.17) is 9.47 Å². The number of benzene rings is 1. The molecule has 30 heavy (non-hydrogen) atoms. The summed E-state index contributed by atoms with van der Waals surface area (Å²) >= 11 is 0. The fourth-order valence-corrected chi connectivity index (χ4v) is 4.24. The molecule has 0 spiro atoms. The van der Waals surface area contributed by atoms with E-state index in [9.17, 15) is 4.39 Å². The zero-order valence-corrected chi connectivity index (χ0v) is 16.1. The largest absolute Gasteiger partial charge is 0.493 e. The predicted octanol–water partition coefficient (Wildman–Crippen LogP) is 3.11. The fourth-order valence-electron chi connectivity index (χ4n) is 4.24. The number of hydrogen-bond donors (Lipinski definition) is 1. The Morgan fingerprint density at radius 3 is 2.93 bits per heavy atom. The van der Waals surface area contributed by atoms with Crippen molar-refractivity contribution in [2.75, 3.05) is 18.5 Å². The molecule has 0 radical (unpaired) electrons. The molecule has 0 fully saturated rings. The molecule has 0 bridgehead atoms. The van der Waals surface area contributed by atoms with Crippen LogP contribution in [0.1, 0.15) is 22.6 Å². The highest BCUT2D eigenvalue weighted by Gasteiger charge is 2.31. The minimum absolute atomic E-state index is 0.0423. The Bertz CT molecular complexity index is 1300. The first-order valence-electron chi connectivity index (χ1n) is 9.65. The molecule has 6 rings (SSSR count). The number of pyridine rings is 1. The molecule has 8 nitrogen and oxygen atoms in total. The normalized spacial score (nSPS) is 17.1. The third-order valence-electron chi connectivity index (χ3n) is 5.67. The minimum Gasteiger partial charge on any atom is -0.493 e. The van der Waals surface area contributed by atoms with Crippen molar-refractivity contribution in [3.63, 3.8) is 0 Å². The molecule has 5 heterocycles. The van der Waals surface area contributed by atoms with E-state index in [0.29, 0.717) is 42.5 Å². The number of anilines is 1. The van der Waals surface area contributed by atoms with Crippen LogP contribution in [-0.2, 0) is 6.54 Å². The summed E-state index contributed by atoms with van der Waals surface area (Å²) in [5.74, 6) is 1.72. The van der Waals surface area contributed by atoms with E-state index in [0.717, 1.165) is 28.1 Å². The van der Waals surface area contributed by atoms with Gasteiger partial charge in [-0.3, -0.25) is 4.40 Å². The first kappa shape index (κ1) is 17.1. The van der Waals surface area contributed by atoms with E-state index in [1.165, 1.54) is 12.4 Å². The summed E-state index contributed by atoms with van der Waals surface area (Å²) in [7, 11) is 0. The van der Waals surface area contributed by atoms with Gasteiger partial charge in [0.2, 0.25) is 0 Å². The quantitative estimate of drug-likeness (QED) is 0.522. The van der Waals surface area contributed by atoms with Crippen molar-refractivity contribution in [2.45, 2.75) is 19.4 Å². The summed E-state index contributed by atoms with van der Waals surface area (Å²) in [5.41, 5.74) is 4.58. The van der Waals surface area contributed by atoms with Crippen molar-refractivity contribution in [3.8, 4) is 22.8 Å². The second-order valence-corrected chi connectivity index (χ2v) is 7.46. The predicted molar refractivity (Wildman–Crippen MR) is 106 cm³/mol. The number of fused-ring (bicyclic) bond motifs is 3.